The highest BCUT2D eigenvalue weighted by Crippen LogP contribution is 2.64. The maximum atomic E-state index is 13.2. The van der Waals surface area contributed by atoms with Crippen molar-refractivity contribution in [2.75, 3.05) is 7.11 Å². The van der Waals surface area contributed by atoms with E-state index in [4.69, 9.17) is 83.8 Å². The number of carbonyl (C=O) groups is 1. The van der Waals surface area contributed by atoms with Crippen molar-refractivity contribution >= 4 is 83.4 Å². The van der Waals surface area contributed by atoms with Crippen LogP contribution in [0, 0.1) is 0 Å². The zero-order valence-electron chi connectivity index (χ0n) is 17.4. The normalized spacial score (nSPS) is 17.8. The van der Waals surface area contributed by atoms with Gasteiger partial charge in [0, 0.05) is 10.6 Å². The molecule has 2 aliphatic heterocycles. The smallest absolute Gasteiger partial charge is 0.493 e. The van der Waals surface area contributed by atoms with Gasteiger partial charge in [-0.25, -0.2) is 9.36 Å². The minimum Gasteiger partial charge on any atom is -0.493 e. The molecule has 0 aliphatic carbocycles. The number of rotatable bonds is 3. The lowest BCUT2D eigenvalue weighted by Gasteiger charge is -2.38. The minimum absolute atomic E-state index is 0.0335. The molecular weight excluding hydrogens is 624 g/mol. The van der Waals surface area contributed by atoms with Gasteiger partial charge in [0.1, 0.15) is 10.0 Å². The molecule has 0 saturated heterocycles. The van der Waals surface area contributed by atoms with Gasteiger partial charge in [-0.2, -0.15) is 0 Å². The summed E-state index contributed by atoms with van der Waals surface area (Å²) in [5.74, 6) is -1.70. The number of methoxy groups -OCH3 is 1. The quantitative estimate of drug-likeness (QED) is 0.224. The van der Waals surface area contributed by atoms with Gasteiger partial charge in [0.25, 0.3) is 0 Å². The molecule has 0 bridgehead atoms. The molecule has 1 atom stereocenters. The van der Waals surface area contributed by atoms with E-state index in [0.717, 1.165) is 0 Å². The first kappa shape index (κ1) is 26.0. The maximum Gasteiger partial charge on any atom is 0.524 e. The third-order valence-electron chi connectivity index (χ3n) is 5.55. The fourth-order valence-electron chi connectivity index (χ4n) is 4.24. The van der Waals surface area contributed by atoms with Crippen LogP contribution < -0.4 is 14.0 Å². The highest BCUT2D eigenvalue weighted by atomic mass is 35.5. The van der Waals surface area contributed by atoms with E-state index in [1.807, 2.05) is 0 Å². The van der Waals surface area contributed by atoms with Gasteiger partial charge in [0.05, 0.1) is 38.9 Å². The van der Waals surface area contributed by atoms with Gasteiger partial charge >= 0.3 is 13.8 Å². The van der Waals surface area contributed by atoms with E-state index in [1.54, 1.807) is 0 Å². The van der Waals surface area contributed by atoms with E-state index in [1.165, 1.54) is 31.4 Å². The summed E-state index contributed by atoms with van der Waals surface area (Å²) in [7, 11) is -3.77. The zero-order valence-corrected chi connectivity index (χ0v) is 22.8. The molecule has 3 aromatic carbocycles. The number of phosphoric acid groups is 1. The summed E-state index contributed by atoms with van der Waals surface area (Å²) in [6.07, 6.45) is 0. The van der Waals surface area contributed by atoms with E-state index in [9.17, 15) is 19.1 Å². The van der Waals surface area contributed by atoms with Crippen molar-refractivity contribution in [2.24, 2.45) is 0 Å². The first-order chi connectivity index (χ1) is 16.8. The number of esters is 1. The summed E-state index contributed by atoms with van der Waals surface area (Å²) in [6.45, 7) is 0. The van der Waals surface area contributed by atoms with Crippen LogP contribution in [0.1, 0.15) is 27.0 Å². The van der Waals surface area contributed by atoms with Crippen molar-refractivity contribution in [1.29, 1.82) is 0 Å². The molecule has 36 heavy (non-hydrogen) atoms. The second-order valence-electron chi connectivity index (χ2n) is 7.49. The van der Waals surface area contributed by atoms with Crippen molar-refractivity contribution in [2.45, 2.75) is 5.60 Å². The number of fused-ring (bicyclic) bond motifs is 6. The molecule has 0 radical (unpaired) electrons. The lowest BCUT2D eigenvalue weighted by atomic mass is 9.77. The molecule has 2 aliphatic rings. The van der Waals surface area contributed by atoms with Crippen molar-refractivity contribution in [3.8, 4) is 23.0 Å². The fourth-order valence-corrected chi connectivity index (χ4v) is 6.52. The van der Waals surface area contributed by atoms with Crippen LogP contribution in [0.25, 0.3) is 0 Å². The average molecular weight is 633 g/mol. The molecule has 188 valence electrons. The lowest BCUT2D eigenvalue weighted by Crippen LogP contribution is -2.33. The van der Waals surface area contributed by atoms with Gasteiger partial charge in [-0.1, -0.05) is 69.6 Å². The van der Waals surface area contributed by atoms with Crippen LogP contribution in [-0.2, 0) is 14.9 Å². The lowest BCUT2D eigenvalue weighted by molar-refractivity contribution is 0.0224. The number of ether oxygens (including phenoxy) is 3. The van der Waals surface area contributed by atoms with Crippen LogP contribution in [0.15, 0.2) is 24.3 Å². The van der Waals surface area contributed by atoms with Crippen LogP contribution in [0.5, 0.6) is 23.0 Å². The first-order valence-electron chi connectivity index (χ1n) is 9.55. The van der Waals surface area contributed by atoms with Gasteiger partial charge in [-0.05, 0) is 24.3 Å². The van der Waals surface area contributed by atoms with Crippen LogP contribution in [0.3, 0.4) is 0 Å². The average Bonchev–Trinajstić information content (AvgIpc) is 3.10. The molecule has 1 spiro atoms. The summed E-state index contributed by atoms with van der Waals surface area (Å²) >= 11 is 38.7. The highest BCUT2D eigenvalue weighted by molar-refractivity contribution is 7.46. The summed E-state index contributed by atoms with van der Waals surface area (Å²) < 4.78 is 33.4. The monoisotopic (exact) mass is 630 g/mol. The number of carbonyl (C=O) groups excluding carboxylic acids is 1. The molecule has 0 aromatic heterocycles. The number of phosphoric ester groups is 1. The standard InChI is InChI=1S/C21H9Cl6O8P/c1-32-18-10(24)4-6-16(14(18)26)33-17-7(5-11(25)19(15(17)27)35-36(29,30)31)21(6)13-9(23)3-2-8(22)12(13)20(28)34-21/h2-5H,1H3,(H2,29,30,31). The van der Waals surface area contributed by atoms with Crippen LogP contribution >= 0.6 is 77.4 Å². The molecule has 8 nitrogen and oxygen atoms in total. The predicted octanol–water partition coefficient (Wildman–Crippen LogP) is 7.66. The Labute approximate surface area is 232 Å². The Morgan fingerprint density at radius 1 is 0.861 bits per heavy atom. The van der Waals surface area contributed by atoms with Crippen molar-refractivity contribution in [3.05, 3.63) is 76.7 Å². The summed E-state index contributed by atoms with van der Waals surface area (Å²) in [5, 5.41) is -0.703. The van der Waals surface area contributed by atoms with E-state index < -0.39 is 30.2 Å². The van der Waals surface area contributed by atoms with Gasteiger partial charge in [0.15, 0.2) is 28.6 Å². The number of hydrogen-bond donors (Lipinski definition) is 2. The Bertz CT molecular complexity index is 1550. The van der Waals surface area contributed by atoms with Crippen LogP contribution in [0.4, 0.5) is 0 Å². The van der Waals surface area contributed by atoms with Gasteiger partial charge in [-0.15, -0.1) is 0 Å². The SMILES string of the molecule is COc1c(Cl)cc2c(c1Cl)Oc1c(cc(Cl)c(OP(=O)(O)O)c1Cl)C21OC(=O)c2c(Cl)ccc(Cl)c21. The minimum atomic E-state index is -5.10. The van der Waals surface area contributed by atoms with Gasteiger partial charge in [0.2, 0.25) is 0 Å². The maximum absolute atomic E-state index is 13.2. The fraction of sp³-hybridized carbons (Fsp3) is 0.0952. The third kappa shape index (κ3) is 3.67. The van der Waals surface area contributed by atoms with Crippen LogP contribution in [0.2, 0.25) is 30.1 Å². The molecule has 0 amide bonds. The Hall–Kier alpha value is -1.58. The second kappa shape index (κ2) is 8.73. The molecular formula is C21H9Cl6O8P. The molecule has 0 saturated carbocycles. The molecule has 2 N–H and O–H groups in total. The number of halogens is 6. The molecule has 1 unspecified atom stereocenters. The Balaban J connectivity index is 1.96. The first-order valence-corrected chi connectivity index (χ1v) is 13.3. The zero-order chi connectivity index (χ0) is 26.3. The molecule has 2 heterocycles. The molecule has 15 heteroatoms. The van der Waals surface area contributed by atoms with Crippen LogP contribution in [-0.4, -0.2) is 22.9 Å². The molecule has 0 fully saturated rings. The Kier molecular flexibility index (Phi) is 6.32. The third-order valence-corrected chi connectivity index (χ3v) is 7.84. The van der Waals surface area contributed by atoms with Gasteiger partial charge < -0.3 is 18.7 Å². The molecule has 3 aromatic rings. The number of benzene rings is 3. The highest BCUT2D eigenvalue weighted by Gasteiger charge is 2.57. The largest absolute Gasteiger partial charge is 0.524 e. The van der Waals surface area contributed by atoms with E-state index in [2.05, 4.69) is 4.52 Å². The van der Waals surface area contributed by atoms with Crippen molar-refractivity contribution < 1.29 is 37.9 Å². The summed E-state index contributed by atoms with van der Waals surface area (Å²) in [5.41, 5.74) is -1.62. The van der Waals surface area contributed by atoms with E-state index in [0.29, 0.717) is 0 Å². The second-order valence-corrected chi connectivity index (χ2v) is 11.0. The van der Waals surface area contributed by atoms with E-state index in [-0.39, 0.29) is 64.6 Å². The number of hydrogen-bond acceptors (Lipinski definition) is 6. The Morgan fingerprint density at radius 3 is 1.94 bits per heavy atom. The topological polar surface area (TPSA) is 112 Å². The van der Waals surface area contributed by atoms with Crippen molar-refractivity contribution in [1.82, 2.24) is 0 Å². The summed E-state index contributed by atoms with van der Waals surface area (Å²) in [4.78, 5) is 31.8. The van der Waals surface area contributed by atoms with E-state index >= 15 is 0 Å². The predicted molar refractivity (Wildman–Crippen MR) is 134 cm³/mol. The molecule has 5 rings (SSSR count). The van der Waals surface area contributed by atoms with Gasteiger partial charge in [-0.3, -0.25) is 9.79 Å². The summed E-state index contributed by atoms with van der Waals surface area (Å²) in [6, 6.07) is 5.51. The Morgan fingerprint density at radius 2 is 1.39 bits per heavy atom. The van der Waals surface area contributed by atoms with Crippen molar-refractivity contribution in [3.63, 3.8) is 0 Å².